The van der Waals surface area contributed by atoms with Crippen LogP contribution in [0.25, 0.3) is 0 Å². The quantitative estimate of drug-likeness (QED) is 0.897. The van der Waals surface area contributed by atoms with Crippen LogP contribution >= 0.6 is 11.3 Å². The van der Waals surface area contributed by atoms with Gasteiger partial charge in [0.15, 0.2) is 0 Å². The molecule has 4 nitrogen and oxygen atoms in total. The Morgan fingerprint density at radius 2 is 2.05 bits per heavy atom. The Bertz CT molecular complexity index is 566. The fourth-order valence-electron chi connectivity index (χ4n) is 2.92. The summed E-state index contributed by atoms with van der Waals surface area (Å²) in [6.45, 7) is 6.54. The molecule has 0 aromatic carbocycles. The van der Waals surface area contributed by atoms with Gasteiger partial charge in [0.05, 0.1) is 0 Å². The third-order valence-electron chi connectivity index (χ3n) is 4.36. The van der Waals surface area contributed by atoms with Gasteiger partial charge in [-0.25, -0.2) is 13.1 Å². The minimum Gasteiger partial charge on any atom is -0.326 e. The molecular weight excluding hydrogens is 292 g/mol. The lowest BCUT2D eigenvalue weighted by Gasteiger charge is -2.32. The first-order chi connectivity index (χ1) is 9.35. The number of sulfonamides is 1. The van der Waals surface area contributed by atoms with Crippen LogP contribution in [0.1, 0.15) is 43.6 Å². The van der Waals surface area contributed by atoms with Gasteiger partial charge in [-0.2, -0.15) is 0 Å². The maximum atomic E-state index is 12.6. The summed E-state index contributed by atoms with van der Waals surface area (Å²) in [5.74, 6) is 1.24. The van der Waals surface area contributed by atoms with Crippen molar-refractivity contribution < 1.29 is 8.42 Å². The molecule has 1 aromatic rings. The standard InChI is InChI=1S/C14H24N2O2S2/c1-9-4-5-12(6-10(9)2)16-20(17,18)14-11(3)8-19-13(14)7-15/h8-10,12,16H,4-7,15H2,1-3H3. The summed E-state index contributed by atoms with van der Waals surface area (Å²) in [5.41, 5.74) is 6.44. The molecule has 1 heterocycles. The second-order valence-electron chi connectivity index (χ2n) is 5.96. The van der Waals surface area contributed by atoms with Crippen LogP contribution in [0.3, 0.4) is 0 Å². The van der Waals surface area contributed by atoms with Crippen LogP contribution in [0.5, 0.6) is 0 Å². The minimum atomic E-state index is -3.45. The summed E-state index contributed by atoms with van der Waals surface area (Å²) >= 11 is 1.42. The normalized spacial score (nSPS) is 27.7. The lowest BCUT2D eigenvalue weighted by atomic mass is 9.79. The van der Waals surface area contributed by atoms with E-state index in [-0.39, 0.29) is 12.6 Å². The van der Waals surface area contributed by atoms with E-state index in [0.29, 0.717) is 16.7 Å². The van der Waals surface area contributed by atoms with Gasteiger partial charge in [-0.3, -0.25) is 0 Å². The van der Waals surface area contributed by atoms with E-state index in [0.717, 1.165) is 29.7 Å². The highest BCUT2D eigenvalue weighted by molar-refractivity contribution is 7.89. The van der Waals surface area contributed by atoms with Gasteiger partial charge in [-0.05, 0) is 49.0 Å². The van der Waals surface area contributed by atoms with Crippen LogP contribution in [0.2, 0.25) is 0 Å². The molecule has 1 fully saturated rings. The lowest BCUT2D eigenvalue weighted by molar-refractivity contribution is 0.242. The zero-order valence-electron chi connectivity index (χ0n) is 12.3. The zero-order valence-corrected chi connectivity index (χ0v) is 14.0. The van der Waals surface area contributed by atoms with Crippen LogP contribution in [0.15, 0.2) is 10.3 Å². The summed E-state index contributed by atoms with van der Waals surface area (Å²) in [6.07, 6.45) is 2.92. The van der Waals surface area contributed by atoms with E-state index in [4.69, 9.17) is 5.73 Å². The van der Waals surface area contributed by atoms with Crippen molar-refractivity contribution >= 4 is 21.4 Å². The van der Waals surface area contributed by atoms with Crippen molar-refractivity contribution in [3.63, 3.8) is 0 Å². The molecule has 3 unspecified atom stereocenters. The highest BCUT2D eigenvalue weighted by Crippen LogP contribution is 2.31. The number of aryl methyl sites for hydroxylation is 1. The molecule has 3 atom stereocenters. The Morgan fingerprint density at radius 1 is 1.35 bits per heavy atom. The molecule has 0 aliphatic heterocycles. The van der Waals surface area contributed by atoms with Gasteiger partial charge in [0.1, 0.15) is 4.90 Å². The van der Waals surface area contributed by atoms with Crippen LogP contribution in [0.4, 0.5) is 0 Å². The van der Waals surface area contributed by atoms with Crippen LogP contribution in [-0.2, 0) is 16.6 Å². The fraction of sp³-hybridized carbons (Fsp3) is 0.714. The number of nitrogens with one attached hydrogen (secondary N) is 1. The molecule has 1 aliphatic carbocycles. The molecule has 1 aromatic heterocycles. The highest BCUT2D eigenvalue weighted by atomic mass is 32.2. The number of hydrogen-bond acceptors (Lipinski definition) is 4. The van der Waals surface area contributed by atoms with E-state index in [9.17, 15) is 8.42 Å². The number of hydrogen-bond donors (Lipinski definition) is 2. The molecule has 114 valence electrons. The minimum absolute atomic E-state index is 0.0520. The van der Waals surface area contributed by atoms with E-state index in [2.05, 4.69) is 18.6 Å². The van der Waals surface area contributed by atoms with Crippen LogP contribution in [0, 0.1) is 18.8 Å². The fourth-order valence-corrected chi connectivity index (χ4v) is 5.91. The summed E-state index contributed by atoms with van der Waals surface area (Å²) < 4.78 is 28.1. The van der Waals surface area contributed by atoms with Gasteiger partial charge in [0.2, 0.25) is 10.0 Å². The number of rotatable bonds is 4. The molecule has 1 saturated carbocycles. The monoisotopic (exact) mass is 316 g/mol. The van der Waals surface area contributed by atoms with Crippen molar-refractivity contribution in [3.8, 4) is 0 Å². The molecule has 6 heteroatoms. The summed E-state index contributed by atoms with van der Waals surface area (Å²) in [7, 11) is -3.45. The second-order valence-corrected chi connectivity index (χ2v) is 8.58. The van der Waals surface area contributed by atoms with Gasteiger partial charge < -0.3 is 5.73 Å². The van der Waals surface area contributed by atoms with Gasteiger partial charge >= 0.3 is 0 Å². The van der Waals surface area contributed by atoms with Crippen molar-refractivity contribution in [2.45, 2.75) is 57.5 Å². The Hall–Kier alpha value is -0.430. The molecule has 0 radical (unpaired) electrons. The largest absolute Gasteiger partial charge is 0.326 e. The van der Waals surface area contributed by atoms with Gasteiger partial charge in [-0.1, -0.05) is 13.8 Å². The van der Waals surface area contributed by atoms with E-state index in [1.807, 2.05) is 12.3 Å². The molecule has 0 spiro atoms. The topological polar surface area (TPSA) is 72.2 Å². The molecule has 1 aliphatic rings. The highest BCUT2D eigenvalue weighted by Gasteiger charge is 2.30. The number of thiophene rings is 1. The smallest absolute Gasteiger partial charge is 0.242 e. The molecule has 0 saturated heterocycles. The van der Waals surface area contributed by atoms with Gasteiger partial charge in [0, 0.05) is 17.5 Å². The van der Waals surface area contributed by atoms with Gasteiger partial charge in [-0.15, -0.1) is 11.3 Å². The van der Waals surface area contributed by atoms with Crippen LogP contribution < -0.4 is 10.5 Å². The average molecular weight is 316 g/mol. The third-order valence-corrected chi connectivity index (χ3v) is 7.37. The SMILES string of the molecule is Cc1csc(CN)c1S(=O)(=O)NC1CCC(C)C(C)C1. The van der Waals surface area contributed by atoms with Crippen molar-refractivity contribution in [1.29, 1.82) is 0 Å². The third kappa shape index (κ3) is 3.24. The van der Waals surface area contributed by atoms with E-state index in [1.165, 1.54) is 11.3 Å². The summed E-state index contributed by atoms with van der Waals surface area (Å²) in [5, 5.41) is 1.86. The second kappa shape index (κ2) is 6.13. The van der Waals surface area contributed by atoms with E-state index in [1.54, 1.807) is 0 Å². The summed E-state index contributed by atoms with van der Waals surface area (Å²) in [6, 6.07) is 0.0520. The molecule has 2 rings (SSSR count). The molecule has 0 amide bonds. The van der Waals surface area contributed by atoms with Crippen LogP contribution in [-0.4, -0.2) is 14.5 Å². The van der Waals surface area contributed by atoms with Crippen molar-refractivity contribution in [2.75, 3.05) is 0 Å². The van der Waals surface area contributed by atoms with E-state index >= 15 is 0 Å². The first-order valence-corrected chi connectivity index (χ1v) is 9.50. The van der Waals surface area contributed by atoms with Crippen molar-refractivity contribution in [2.24, 2.45) is 17.6 Å². The Labute approximate surface area is 125 Å². The lowest BCUT2D eigenvalue weighted by Crippen LogP contribution is -2.40. The maximum absolute atomic E-state index is 12.6. The Kier molecular flexibility index (Phi) is 4.89. The Morgan fingerprint density at radius 3 is 2.65 bits per heavy atom. The molecule has 0 bridgehead atoms. The number of nitrogens with two attached hydrogens (primary N) is 1. The van der Waals surface area contributed by atoms with Crippen molar-refractivity contribution in [1.82, 2.24) is 4.72 Å². The molecular formula is C14H24N2O2S2. The predicted molar refractivity (Wildman–Crippen MR) is 83.2 cm³/mol. The van der Waals surface area contributed by atoms with E-state index < -0.39 is 10.0 Å². The predicted octanol–water partition coefficient (Wildman–Crippen LogP) is 2.62. The zero-order chi connectivity index (χ0) is 14.9. The first-order valence-electron chi connectivity index (χ1n) is 7.14. The first kappa shape index (κ1) is 15.9. The average Bonchev–Trinajstić information content (AvgIpc) is 2.75. The van der Waals surface area contributed by atoms with Crippen molar-refractivity contribution in [3.05, 3.63) is 15.8 Å². The Balaban J connectivity index is 2.17. The maximum Gasteiger partial charge on any atom is 0.242 e. The van der Waals surface area contributed by atoms with Gasteiger partial charge in [0.25, 0.3) is 0 Å². The summed E-state index contributed by atoms with van der Waals surface area (Å²) in [4.78, 5) is 1.14. The molecule has 3 N–H and O–H groups in total. The molecule has 20 heavy (non-hydrogen) atoms.